The largest absolute Gasteiger partial charge is 0.455 e. The lowest BCUT2D eigenvalue weighted by molar-refractivity contribution is -0.138. The zero-order chi connectivity index (χ0) is 14.8. The van der Waals surface area contributed by atoms with Crippen LogP contribution in [0.25, 0.3) is 0 Å². The van der Waals surface area contributed by atoms with Gasteiger partial charge in [0.05, 0.1) is 11.8 Å². The molecule has 2 aromatic rings. The lowest BCUT2D eigenvalue weighted by Gasteiger charge is -2.13. The predicted octanol–water partition coefficient (Wildman–Crippen LogP) is 4.10. The van der Waals surface area contributed by atoms with Crippen LogP contribution in [0.5, 0.6) is 11.5 Å². The van der Waals surface area contributed by atoms with Crippen LogP contribution in [0, 0.1) is 0 Å². The summed E-state index contributed by atoms with van der Waals surface area (Å²) >= 11 is 0. The van der Waals surface area contributed by atoms with Crippen LogP contribution in [0.4, 0.5) is 13.2 Å². The van der Waals surface area contributed by atoms with Gasteiger partial charge in [-0.1, -0.05) is 12.1 Å². The summed E-state index contributed by atoms with van der Waals surface area (Å²) in [4.78, 5) is 14.9. The number of aromatic nitrogens is 1. The van der Waals surface area contributed by atoms with E-state index in [1.54, 1.807) is 0 Å². The Hall–Kier alpha value is -2.37. The number of hydrogen-bond donors (Lipinski definition) is 0. The van der Waals surface area contributed by atoms with Crippen molar-refractivity contribution in [3.63, 3.8) is 0 Å². The van der Waals surface area contributed by atoms with Crippen molar-refractivity contribution in [2.75, 3.05) is 0 Å². The van der Waals surface area contributed by atoms with E-state index in [0.717, 1.165) is 6.07 Å². The van der Waals surface area contributed by atoms with Gasteiger partial charge in [-0.15, -0.1) is 0 Å². The second-order valence-corrected chi connectivity index (χ2v) is 4.03. The molecule has 0 aliphatic carbocycles. The van der Waals surface area contributed by atoms with Gasteiger partial charge >= 0.3 is 6.18 Å². The molecule has 0 aliphatic rings. The molecule has 0 amide bonds. The van der Waals surface area contributed by atoms with Crippen molar-refractivity contribution in [3.8, 4) is 11.5 Å². The first-order chi connectivity index (χ1) is 9.38. The van der Waals surface area contributed by atoms with E-state index in [2.05, 4.69) is 4.98 Å². The van der Waals surface area contributed by atoms with Crippen molar-refractivity contribution < 1.29 is 22.7 Å². The number of rotatable bonds is 3. The minimum atomic E-state index is -4.50. The Morgan fingerprint density at radius 2 is 1.85 bits per heavy atom. The molecule has 1 heterocycles. The van der Waals surface area contributed by atoms with Crippen LogP contribution in [-0.4, -0.2) is 10.8 Å². The fourth-order valence-electron chi connectivity index (χ4n) is 1.57. The molecule has 20 heavy (non-hydrogen) atoms. The molecule has 0 aliphatic heterocycles. The van der Waals surface area contributed by atoms with Crippen LogP contribution in [-0.2, 0) is 6.18 Å². The maximum absolute atomic E-state index is 12.8. The van der Waals surface area contributed by atoms with E-state index in [1.165, 1.54) is 43.5 Å². The molecule has 0 atom stereocenters. The third-order valence-corrected chi connectivity index (χ3v) is 2.52. The summed E-state index contributed by atoms with van der Waals surface area (Å²) in [5.41, 5.74) is -0.642. The van der Waals surface area contributed by atoms with Gasteiger partial charge in [0.2, 0.25) is 0 Å². The second-order valence-electron chi connectivity index (χ2n) is 4.03. The van der Waals surface area contributed by atoms with Crippen molar-refractivity contribution >= 4 is 5.78 Å². The molecule has 0 saturated carbocycles. The number of Topliss-reactive ketones (excluding diaryl/α,β-unsaturated/α-hetero) is 1. The third-order valence-electron chi connectivity index (χ3n) is 2.52. The zero-order valence-electron chi connectivity index (χ0n) is 10.4. The van der Waals surface area contributed by atoms with Crippen molar-refractivity contribution in [1.29, 1.82) is 0 Å². The quantitative estimate of drug-likeness (QED) is 0.795. The maximum Gasteiger partial charge on any atom is 0.419 e. The Labute approximate surface area is 113 Å². The van der Waals surface area contributed by atoms with Crippen molar-refractivity contribution in [3.05, 3.63) is 53.9 Å². The summed E-state index contributed by atoms with van der Waals surface area (Å²) in [7, 11) is 0. The highest BCUT2D eigenvalue weighted by Gasteiger charge is 2.34. The van der Waals surface area contributed by atoms with Gasteiger partial charge in [-0.25, -0.2) is 4.98 Å². The maximum atomic E-state index is 12.8. The van der Waals surface area contributed by atoms with Gasteiger partial charge in [-0.2, -0.15) is 13.2 Å². The minimum absolute atomic E-state index is 0.131. The van der Waals surface area contributed by atoms with E-state index in [4.69, 9.17) is 4.74 Å². The molecule has 104 valence electrons. The fourth-order valence-corrected chi connectivity index (χ4v) is 1.57. The SMILES string of the molecule is CC(=O)c1ccc(Oc2ccccc2C(F)(F)F)cn1. The number of para-hydroxylation sites is 1. The van der Waals surface area contributed by atoms with Gasteiger partial charge in [0, 0.05) is 6.92 Å². The van der Waals surface area contributed by atoms with E-state index in [1.807, 2.05) is 0 Å². The number of benzene rings is 1. The lowest BCUT2D eigenvalue weighted by Crippen LogP contribution is -2.07. The molecule has 0 bridgehead atoms. The monoisotopic (exact) mass is 281 g/mol. The minimum Gasteiger partial charge on any atom is -0.455 e. The number of pyridine rings is 1. The summed E-state index contributed by atoms with van der Waals surface area (Å²) in [5, 5.41) is 0. The van der Waals surface area contributed by atoms with Crippen LogP contribution in [0.15, 0.2) is 42.6 Å². The number of carbonyl (C=O) groups excluding carboxylic acids is 1. The van der Waals surface area contributed by atoms with Gasteiger partial charge < -0.3 is 4.74 Å². The summed E-state index contributed by atoms with van der Waals surface area (Å²) < 4.78 is 43.5. The van der Waals surface area contributed by atoms with Crippen LogP contribution >= 0.6 is 0 Å². The average Bonchev–Trinajstić information content (AvgIpc) is 2.38. The standard InChI is InChI=1S/C14H10F3NO2/c1-9(19)12-7-6-10(8-18-12)20-13-5-3-2-4-11(13)14(15,16)17/h2-8H,1H3. The summed E-state index contributed by atoms with van der Waals surface area (Å²) in [6, 6.07) is 7.69. The normalized spacial score (nSPS) is 11.2. The Bertz CT molecular complexity index is 621. The molecule has 0 N–H and O–H groups in total. The molecular formula is C14H10F3NO2. The zero-order valence-corrected chi connectivity index (χ0v) is 10.4. The van der Waals surface area contributed by atoms with Crippen molar-refractivity contribution in [2.24, 2.45) is 0 Å². The fraction of sp³-hybridized carbons (Fsp3) is 0.143. The second kappa shape index (κ2) is 5.32. The van der Waals surface area contributed by atoms with Gasteiger partial charge in [0.15, 0.2) is 5.78 Å². The van der Waals surface area contributed by atoms with E-state index in [9.17, 15) is 18.0 Å². The molecule has 0 saturated heterocycles. The third kappa shape index (κ3) is 3.14. The van der Waals surface area contributed by atoms with Crippen LogP contribution in [0.2, 0.25) is 0 Å². The summed E-state index contributed by atoms with van der Waals surface area (Å²) in [6.07, 6.45) is -3.28. The number of ketones is 1. The molecule has 1 aromatic heterocycles. The number of hydrogen-bond acceptors (Lipinski definition) is 3. The number of carbonyl (C=O) groups is 1. The van der Waals surface area contributed by atoms with Gasteiger partial charge in [0.1, 0.15) is 17.2 Å². The van der Waals surface area contributed by atoms with E-state index < -0.39 is 11.7 Å². The number of halogens is 3. The summed E-state index contributed by atoms with van der Waals surface area (Å²) in [6.45, 7) is 1.35. The van der Waals surface area contributed by atoms with Gasteiger partial charge in [-0.05, 0) is 24.3 Å². The first-order valence-corrected chi connectivity index (χ1v) is 5.69. The van der Waals surface area contributed by atoms with Crippen molar-refractivity contribution in [1.82, 2.24) is 4.98 Å². The van der Waals surface area contributed by atoms with Gasteiger partial charge in [-0.3, -0.25) is 4.79 Å². The summed E-state index contributed by atoms with van der Waals surface area (Å²) in [5.74, 6) is -0.406. The molecule has 1 aromatic carbocycles. The Morgan fingerprint density at radius 1 is 1.15 bits per heavy atom. The highest BCUT2D eigenvalue weighted by Crippen LogP contribution is 2.37. The Morgan fingerprint density at radius 3 is 2.40 bits per heavy atom. The van der Waals surface area contributed by atoms with Crippen LogP contribution in [0.3, 0.4) is 0 Å². The molecule has 0 spiro atoms. The number of ether oxygens (including phenoxy) is 1. The smallest absolute Gasteiger partial charge is 0.419 e. The molecule has 6 heteroatoms. The van der Waals surface area contributed by atoms with Crippen LogP contribution in [0.1, 0.15) is 23.0 Å². The molecule has 2 rings (SSSR count). The van der Waals surface area contributed by atoms with Crippen LogP contribution < -0.4 is 4.74 Å². The van der Waals surface area contributed by atoms with E-state index in [0.29, 0.717) is 0 Å². The predicted molar refractivity (Wildman–Crippen MR) is 65.8 cm³/mol. The lowest BCUT2D eigenvalue weighted by atomic mass is 10.2. The van der Waals surface area contributed by atoms with E-state index >= 15 is 0 Å². The number of alkyl halides is 3. The highest BCUT2D eigenvalue weighted by molar-refractivity contribution is 5.92. The molecule has 3 nitrogen and oxygen atoms in total. The first kappa shape index (κ1) is 14.0. The molecule has 0 unspecified atom stereocenters. The highest BCUT2D eigenvalue weighted by atomic mass is 19.4. The Kier molecular flexibility index (Phi) is 3.74. The van der Waals surface area contributed by atoms with Crippen molar-refractivity contribution in [2.45, 2.75) is 13.1 Å². The number of nitrogens with zero attached hydrogens (tertiary/aromatic N) is 1. The molecule has 0 radical (unpaired) electrons. The topological polar surface area (TPSA) is 39.2 Å². The van der Waals surface area contributed by atoms with Gasteiger partial charge in [0.25, 0.3) is 0 Å². The molecular weight excluding hydrogens is 271 g/mol. The Balaban J connectivity index is 2.28. The first-order valence-electron chi connectivity index (χ1n) is 5.69. The van der Waals surface area contributed by atoms with E-state index in [-0.39, 0.29) is 23.0 Å². The molecule has 0 fully saturated rings. The average molecular weight is 281 g/mol.